The fraction of sp³-hybridized carbons (Fsp3) is 0.682. The largest absolute Gasteiger partial charge is 0.327 e. The van der Waals surface area contributed by atoms with E-state index in [-0.39, 0.29) is 11.9 Å². The minimum atomic E-state index is -0.638. The number of amides is 3. The molecule has 0 aliphatic carbocycles. The summed E-state index contributed by atoms with van der Waals surface area (Å²) in [6.07, 6.45) is 6.68. The van der Waals surface area contributed by atoms with Gasteiger partial charge in [0.15, 0.2) is 0 Å². The molecule has 0 atom stereocenters. The highest BCUT2D eigenvalue weighted by molar-refractivity contribution is 6.07. The van der Waals surface area contributed by atoms with Gasteiger partial charge in [-0.25, -0.2) is 4.79 Å². The first kappa shape index (κ1) is 20.8. The van der Waals surface area contributed by atoms with E-state index in [1.165, 1.54) is 4.90 Å². The van der Waals surface area contributed by atoms with Crippen molar-refractivity contribution in [1.29, 1.82) is 0 Å². The summed E-state index contributed by atoms with van der Waals surface area (Å²) >= 11 is 0. The molecule has 1 spiro atoms. The zero-order valence-corrected chi connectivity index (χ0v) is 17.7. The van der Waals surface area contributed by atoms with E-state index in [0.29, 0.717) is 25.0 Å². The van der Waals surface area contributed by atoms with Crippen LogP contribution in [0.2, 0.25) is 0 Å². The number of urea groups is 1. The Kier molecular flexibility index (Phi) is 6.38. The number of rotatable bonds is 7. The number of piperidine rings is 1. The Bertz CT molecular complexity index is 681. The predicted molar refractivity (Wildman–Crippen MR) is 110 cm³/mol. The van der Waals surface area contributed by atoms with Crippen molar-refractivity contribution in [2.45, 2.75) is 65.0 Å². The van der Waals surface area contributed by atoms with E-state index in [1.54, 1.807) is 6.20 Å². The van der Waals surface area contributed by atoms with Crippen LogP contribution in [0.4, 0.5) is 4.79 Å². The lowest BCUT2D eigenvalue weighted by molar-refractivity contribution is -0.136. The fourth-order valence-corrected chi connectivity index (χ4v) is 4.48. The molecule has 3 amide bonds. The van der Waals surface area contributed by atoms with Gasteiger partial charge in [0, 0.05) is 44.6 Å². The summed E-state index contributed by atoms with van der Waals surface area (Å²) in [6.45, 7) is 11.5. The minimum absolute atomic E-state index is 0.0211. The van der Waals surface area contributed by atoms with Crippen molar-refractivity contribution in [3.05, 3.63) is 30.1 Å². The predicted octanol–water partition coefficient (Wildman–Crippen LogP) is 3.18. The monoisotopic (exact) mass is 386 g/mol. The molecule has 6 heteroatoms. The van der Waals surface area contributed by atoms with E-state index in [9.17, 15) is 9.59 Å². The zero-order chi connectivity index (χ0) is 20.3. The van der Waals surface area contributed by atoms with Gasteiger partial charge in [-0.05, 0) is 57.1 Å². The Balaban J connectivity index is 1.72. The second-order valence-corrected chi connectivity index (χ2v) is 8.87. The molecular weight excluding hydrogens is 352 g/mol. The second kappa shape index (κ2) is 8.60. The Labute approximate surface area is 168 Å². The highest BCUT2D eigenvalue weighted by atomic mass is 16.2. The molecule has 0 unspecified atom stereocenters. The van der Waals surface area contributed by atoms with E-state index in [1.807, 2.05) is 23.2 Å². The van der Waals surface area contributed by atoms with Crippen LogP contribution in [0.5, 0.6) is 0 Å². The number of hydrogen-bond donors (Lipinski definition) is 0. The molecule has 2 fully saturated rings. The van der Waals surface area contributed by atoms with Crippen LogP contribution < -0.4 is 0 Å². The van der Waals surface area contributed by atoms with Gasteiger partial charge < -0.3 is 9.80 Å². The van der Waals surface area contributed by atoms with E-state index in [4.69, 9.17) is 0 Å². The maximum Gasteiger partial charge on any atom is 0.327 e. The van der Waals surface area contributed by atoms with Crippen LogP contribution in [0.3, 0.4) is 0 Å². The number of likely N-dealkylation sites (tertiary alicyclic amines) is 1. The smallest absolute Gasteiger partial charge is 0.309 e. The van der Waals surface area contributed by atoms with Gasteiger partial charge in [0.05, 0.1) is 0 Å². The standard InChI is InChI=1S/C22H34N4O2/c1-17(2)16-26-21(28)25(12-6-8-19-7-5-11-23-15-19)20(27)22(26)9-13-24(14-10-22)18(3)4/h5,7,11,15,17-18H,6,8-10,12-14,16H2,1-4H3. The maximum absolute atomic E-state index is 13.4. The molecule has 1 aromatic heterocycles. The minimum Gasteiger partial charge on any atom is -0.309 e. The van der Waals surface area contributed by atoms with Gasteiger partial charge >= 0.3 is 6.03 Å². The summed E-state index contributed by atoms with van der Waals surface area (Å²) in [5.41, 5.74) is 0.502. The summed E-state index contributed by atoms with van der Waals surface area (Å²) < 4.78 is 0. The van der Waals surface area contributed by atoms with Gasteiger partial charge in [-0.3, -0.25) is 14.7 Å². The second-order valence-electron chi connectivity index (χ2n) is 8.87. The lowest BCUT2D eigenvalue weighted by Gasteiger charge is -2.44. The van der Waals surface area contributed by atoms with Crippen LogP contribution in [0.15, 0.2) is 24.5 Å². The molecule has 28 heavy (non-hydrogen) atoms. The van der Waals surface area contributed by atoms with Gasteiger partial charge in [0.25, 0.3) is 5.91 Å². The topological polar surface area (TPSA) is 56.8 Å². The third-order valence-corrected chi connectivity index (χ3v) is 6.09. The molecule has 0 N–H and O–H groups in total. The summed E-state index contributed by atoms with van der Waals surface area (Å²) in [6, 6.07) is 4.33. The van der Waals surface area contributed by atoms with Crippen LogP contribution >= 0.6 is 0 Å². The molecule has 1 aromatic rings. The molecule has 2 aliphatic heterocycles. The third-order valence-electron chi connectivity index (χ3n) is 6.09. The summed E-state index contributed by atoms with van der Waals surface area (Å²) in [4.78, 5) is 36.6. The van der Waals surface area contributed by atoms with Gasteiger partial charge in [-0.2, -0.15) is 0 Å². The van der Waals surface area contributed by atoms with Crippen molar-refractivity contribution >= 4 is 11.9 Å². The quantitative estimate of drug-likeness (QED) is 0.676. The summed E-state index contributed by atoms with van der Waals surface area (Å²) in [5, 5.41) is 0. The number of carbonyl (C=O) groups is 2. The average molecular weight is 387 g/mol. The highest BCUT2D eigenvalue weighted by Gasteiger charge is 2.57. The molecule has 2 aliphatic rings. The van der Waals surface area contributed by atoms with Crippen LogP contribution in [-0.2, 0) is 11.2 Å². The lowest BCUT2D eigenvalue weighted by atomic mass is 9.85. The third kappa shape index (κ3) is 4.07. The molecule has 154 valence electrons. The Morgan fingerprint density at radius 3 is 2.43 bits per heavy atom. The first-order valence-corrected chi connectivity index (χ1v) is 10.6. The van der Waals surface area contributed by atoms with Crippen LogP contribution in [0.1, 0.15) is 52.5 Å². The first-order valence-electron chi connectivity index (χ1n) is 10.6. The van der Waals surface area contributed by atoms with Crippen molar-refractivity contribution in [3.8, 4) is 0 Å². The van der Waals surface area contributed by atoms with Gasteiger partial charge in [0.2, 0.25) is 0 Å². The Morgan fingerprint density at radius 2 is 1.86 bits per heavy atom. The number of pyridine rings is 1. The van der Waals surface area contributed by atoms with Gasteiger partial charge in [-0.1, -0.05) is 19.9 Å². The van der Waals surface area contributed by atoms with E-state index in [0.717, 1.165) is 44.3 Å². The number of nitrogens with zero attached hydrogens (tertiary/aromatic N) is 4. The van der Waals surface area contributed by atoms with Crippen molar-refractivity contribution in [2.75, 3.05) is 26.2 Å². The normalized spacial score (nSPS) is 20.2. The van der Waals surface area contributed by atoms with Crippen molar-refractivity contribution in [2.24, 2.45) is 5.92 Å². The van der Waals surface area contributed by atoms with Crippen molar-refractivity contribution in [3.63, 3.8) is 0 Å². The van der Waals surface area contributed by atoms with E-state index >= 15 is 0 Å². The maximum atomic E-state index is 13.4. The molecule has 3 rings (SSSR count). The number of hydrogen-bond acceptors (Lipinski definition) is 4. The Morgan fingerprint density at radius 1 is 1.14 bits per heavy atom. The molecule has 0 radical (unpaired) electrons. The fourth-order valence-electron chi connectivity index (χ4n) is 4.48. The number of aryl methyl sites for hydroxylation is 1. The van der Waals surface area contributed by atoms with E-state index < -0.39 is 5.54 Å². The van der Waals surface area contributed by atoms with E-state index in [2.05, 4.69) is 37.6 Å². The Hall–Kier alpha value is -1.95. The zero-order valence-electron chi connectivity index (χ0n) is 17.7. The average Bonchev–Trinajstić information content (AvgIpc) is 2.85. The van der Waals surface area contributed by atoms with Crippen molar-refractivity contribution in [1.82, 2.24) is 19.7 Å². The number of carbonyl (C=O) groups excluding carboxylic acids is 2. The summed E-state index contributed by atoms with van der Waals surface area (Å²) in [5.74, 6) is 0.361. The number of imide groups is 1. The molecule has 2 saturated heterocycles. The molecule has 3 heterocycles. The molecule has 0 saturated carbocycles. The molecular formula is C22H34N4O2. The summed E-state index contributed by atoms with van der Waals surface area (Å²) in [7, 11) is 0. The van der Waals surface area contributed by atoms with Crippen LogP contribution in [0, 0.1) is 5.92 Å². The van der Waals surface area contributed by atoms with Crippen molar-refractivity contribution < 1.29 is 9.59 Å². The SMILES string of the molecule is CC(C)CN1C(=O)N(CCCc2cccnc2)C(=O)C12CCN(C(C)C)CC2. The van der Waals surface area contributed by atoms with Crippen LogP contribution in [0.25, 0.3) is 0 Å². The molecule has 0 aromatic carbocycles. The first-order chi connectivity index (χ1) is 13.3. The lowest BCUT2D eigenvalue weighted by Crippen LogP contribution is -2.58. The van der Waals surface area contributed by atoms with Gasteiger partial charge in [-0.15, -0.1) is 0 Å². The highest BCUT2D eigenvalue weighted by Crippen LogP contribution is 2.38. The molecule has 0 bridgehead atoms. The number of aromatic nitrogens is 1. The van der Waals surface area contributed by atoms with Crippen LogP contribution in [-0.4, -0.2) is 69.4 Å². The van der Waals surface area contributed by atoms with Gasteiger partial charge in [0.1, 0.15) is 5.54 Å². The molecule has 6 nitrogen and oxygen atoms in total.